The quantitative estimate of drug-likeness (QED) is 0.0211. The Hall–Kier alpha value is -5.09. The number of hydrogen-bond donors (Lipinski definition) is 1. The first-order valence-electron chi connectivity index (χ1n) is 32.6. The van der Waals surface area contributed by atoms with Crippen molar-refractivity contribution in [2.24, 2.45) is 0 Å². The number of nitrogens with zero attached hydrogens (tertiary/aromatic N) is 1. The summed E-state index contributed by atoms with van der Waals surface area (Å²) in [4.78, 5) is 37.5. The van der Waals surface area contributed by atoms with Crippen molar-refractivity contribution in [1.29, 1.82) is 0 Å². The molecule has 0 aromatic rings. The molecule has 9 nitrogen and oxygen atoms in total. The lowest BCUT2D eigenvalue weighted by molar-refractivity contribution is -0.870. The second kappa shape index (κ2) is 62.9. The molecule has 0 aliphatic carbocycles. The van der Waals surface area contributed by atoms with Gasteiger partial charge in [0.1, 0.15) is 13.2 Å². The average Bonchev–Trinajstić information content (AvgIpc) is 3.46. The number of carbonyl (C=O) groups is 3. The van der Waals surface area contributed by atoms with E-state index in [2.05, 4.69) is 172 Å². The minimum absolute atomic E-state index is 0.175. The van der Waals surface area contributed by atoms with Gasteiger partial charge in [-0.2, -0.15) is 0 Å². The van der Waals surface area contributed by atoms with Gasteiger partial charge in [0.05, 0.1) is 34.4 Å². The van der Waals surface area contributed by atoms with E-state index in [4.69, 9.17) is 18.9 Å². The molecule has 2 unspecified atom stereocenters. The van der Waals surface area contributed by atoms with Crippen LogP contribution in [0.2, 0.25) is 0 Å². The third-order valence-electron chi connectivity index (χ3n) is 13.3. The van der Waals surface area contributed by atoms with Gasteiger partial charge < -0.3 is 28.5 Å². The van der Waals surface area contributed by atoms with Crippen LogP contribution in [-0.4, -0.2) is 87.4 Å². The van der Waals surface area contributed by atoms with Crippen LogP contribution in [0.3, 0.4) is 0 Å². The molecule has 83 heavy (non-hydrogen) atoms. The Morgan fingerprint density at radius 3 is 1.02 bits per heavy atom. The molecule has 0 fully saturated rings. The van der Waals surface area contributed by atoms with E-state index >= 15 is 0 Å². The van der Waals surface area contributed by atoms with Crippen molar-refractivity contribution in [3.8, 4) is 0 Å². The molecule has 0 aliphatic rings. The summed E-state index contributed by atoms with van der Waals surface area (Å²) >= 11 is 0. The van der Waals surface area contributed by atoms with Crippen molar-refractivity contribution in [2.75, 3.05) is 47.5 Å². The monoisotopic (exact) mass is 1150 g/mol. The fourth-order valence-electron chi connectivity index (χ4n) is 8.28. The fraction of sp³-hybridized carbons (Fsp3) is 0.608. The van der Waals surface area contributed by atoms with Crippen LogP contribution in [-0.2, 0) is 33.3 Å². The number of ether oxygens (including phenoxy) is 4. The molecule has 0 bridgehead atoms. The molecule has 0 aliphatic heterocycles. The van der Waals surface area contributed by atoms with Gasteiger partial charge in [0.2, 0.25) is 0 Å². The number of carboxylic acids is 1. The summed E-state index contributed by atoms with van der Waals surface area (Å²) in [7, 11) is 5.95. The lowest BCUT2D eigenvalue weighted by Gasteiger charge is -2.25. The van der Waals surface area contributed by atoms with Gasteiger partial charge in [-0.1, -0.05) is 249 Å². The highest BCUT2D eigenvalue weighted by molar-refractivity contribution is 5.71. The maximum atomic E-state index is 12.9. The predicted octanol–water partition coefficient (Wildman–Crippen LogP) is 20.1. The minimum Gasteiger partial charge on any atom is -0.477 e. The zero-order valence-corrected chi connectivity index (χ0v) is 53.3. The van der Waals surface area contributed by atoms with E-state index in [0.29, 0.717) is 17.4 Å². The Bertz CT molecular complexity index is 1920. The lowest BCUT2D eigenvalue weighted by atomic mass is 10.1. The SMILES string of the molecule is CC/C=C\C/C=C\C/C=C\C/C=C\C/C=C\C/C=C\C/C=C\C/C=C\C/C=C\C/C=C\C/C=C\CCCCCCCC(=O)OC(COC(=O)CCCCCCCCCCC/C=C\C/C=C\CCCCC)COC(OCC[N+](C)(C)C)C(=O)O. The van der Waals surface area contributed by atoms with Crippen LogP contribution in [0.25, 0.3) is 0 Å². The van der Waals surface area contributed by atoms with Gasteiger partial charge in [-0.25, -0.2) is 4.79 Å². The maximum absolute atomic E-state index is 12.9. The van der Waals surface area contributed by atoms with Crippen LogP contribution in [0.15, 0.2) is 158 Å². The molecule has 0 heterocycles. The number of carboxylic acid groups (broad SMARTS) is 1. The normalized spacial score (nSPS) is 13.8. The Morgan fingerprint density at radius 2 is 0.687 bits per heavy atom. The minimum atomic E-state index is -1.53. The van der Waals surface area contributed by atoms with Crippen molar-refractivity contribution < 1.29 is 42.9 Å². The molecule has 9 heteroatoms. The Balaban J connectivity index is 4.26. The highest BCUT2D eigenvalue weighted by Crippen LogP contribution is 2.14. The van der Waals surface area contributed by atoms with Crippen LogP contribution in [0.1, 0.15) is 232 Å². The summed E-state index contributed by atoms with van der Waals surface area (Å²) in [5.41, 5.74) is 0. The van der Waals surface area contributed by atoms with Crippen LogP contribution >= 0.6 is 0 Å². The van der Waals surface area contributed by atoms with E-state index in [1.807, 2.05) is 21.1 Å². The zero-order valence-electron chi connectivity index (χ0n) is 53.3. The molecule has 0 rings (SSSR count). The number of esters is 2. The largest absolute Gasteiger partial charge is 0.477 e. The highest BCUT2D eigenvalue weighted by Gasteiger charge is 2.25. The topological polar surface area (TPSA) is 108 Å². The number of unbranched alkanes of at least 4 members (excludes halogenated alkanes) is 17. The fourth-order valence-corrected chi connectivity index (χ4v) is 8.28. The molecule has 1 N–H and O–H groups in total. The molecule has 0 aromatic heterocycles. The Kier molecular flexibility index (Phi) is 59.1. The van der Waals surface area contributed by atoms with Gasteiger partial charge in [-0.05, 0) is 128 Å². The van der Waals surface area contributed by atoms with E-state index in [9.17, 15) is 19.5 Å². The van der Waals surface area contributed by atoms with Crippen molar-refractivity contribution in [3.05, 3.63) is 158 Å². The van der Waals surface area contributed by atoms with Gasteiger partial charge in [-0.3, -0.25) is 9.59 Å². The summed E-state index contributed by atoms with van der Waals surface area (Å²) in [5, 5.41) is 9.72. The number of allylic oxidation sites excluding steroid dienone is 26. The summed E-state index contributed by atoms with van der Waals surface area (Å²) in [6, 6.07) is 0. The number of hydrogen-bond acceptors (Lipinski definition) is 7. The first-order valence-corrected chi connectivity index (χ1v) is 32.6. The Morgan fingerprint density at radius 1 is 0.373 bits per heavy atom. The smallest absolute Gasteiger partial charge is 0.361 e. The van der Waals surface area contributed by atoms with Crippen LogP contribution in [0.5, 0.6) is 0 Å². The Labute approximate surface area is 508 Å². The summed E-state index contributed by atoms with van der Waals surface area (Å²) < 4.78 is 22.9. The third kappa shape index (κ3) is 64.3. The second-order valence-corrected chi connectivity index (χ2v) is 22.3. The van der Waals surface area contributed by atoms with E-state index < -0.39 is 24.3 Å². The van der Waals surface area contributed by atoms with Gasteiger partial charge in [-0.15, -0.1) is 0 Å². The van der Waals surface area contributed by atoms with Gasteiger partial charge in [0.25, 0.3) is 6.29 Å². The maximum Gasteiger partial charge on any atom is 0.361 e. The standard InChI is InChI=1S/C74H119NO8/c1-6-8-10-12-14-16-18-20-22-24-26-27-28-29-30-31-32-33-34-35-36-37-38-39-40-41-42-43-44-45-47-49-51-53-55-57-59-61-63-65-72(77)83-70(69-82-74(73(78)79)80-67-66-75(3,4)5)68-81-71(76)64-62-60-58-56-54-52-50-48-46-25-23-21-19-17-15-13-11-9-7-2/h8,10,14-17,20-23,26-27,29-30,32-33,35-36,38-39,41-42,44-45,49,51,70,74H,6-7,9,11-13,18-19,24-25,28,31,34,37,40,43,46-48,50,52-69H2,1-5H3/p+1/b10-8-,16-14-,17-15-,22-20-,23-21-,27-26-,30-29-,33-32-,36-35-,39-38-,42-41-,45-44-,51-49-. The van der Waals surface area contributed by atoms with Crippen molar-refractivity contribution in [3.63, 3.8) is 0 Å². The van der Waals surface area contributed by atoms with Crippen LogP contribution in [0.4, 0.5) is 0 Å². The summed E-state index contributed by atoms with van der Waals surface area (Å²) in [6.07, 6.45) is 90.5. The lowest BCUT2D eigenvalue weighted by Crippen LogP contribution is -2.40. The molecule has 0 saturated carbocycles. The molecule has 0 spiro atoms. The first kappa shape index (κ1) is 77.9. The highest BCUT2D eigenvalue weighted by atomic mass is 16.7. The number of quaternary nitrogens is 1. The average molecular weight is 1150 g/mol. The van der Waals surface area contributed by atoms with E-state index in [1.54, 1.807) is 0 Å². The zero-order chi connectivity index (χ0) is 60.5. The molecule has 0 radical (unpaired) electrons. The molecule has 0 aromatic carbocycles. The molecule has 0 amide bonds. The summed E-state index contributed by atoms with van der Waals surface area (Å²) in [6.45, 7) is 4.69. The number of rotatable bonds is 58. The van der Waals surface area contributed by atoms with Gasteiger partial charge in [0, 0.05) is 12.8 Å². The van der Waals surface area contributed by atoms with Crippen molar-refractivity contribution in [1.82, 2.24) is 0 Å². The van der Waals surface area contributed by atoms with Crippen molar-refractivity contribution in [2.45, 2.75) is 245 Å². The van der Waals surface area contributed by atoms with Crippen molar-refractivity contribution >= 4 is 17.9 Å². The summed E-state index contributed by atoms with van der Waals surface area (Å²) in [5.74, 6) is -2.05. The number of likely N-dealkylation sites (N-methyl/N-ethyl adjacent to an activating group) is 1. The van der Waals surface area contributed by atoms with E-state index in [0.717, 1.165) is 141 Å². The van der Waals surface area contributed by atoms with Crippen LogP contribution < -0.4 is 0 Å². The molecule has 0 saturated heterocycles. The third-order valence-corrected chi connectivity index (χ3v) is 13.3. The predicted molar refractivity (Wildman–Crippen MR) is 354 cm³/mol. The van der Waals surface area contributed by atoms with E-state index in [-0.39, 0.29) is 38.6 Å². The number of carbonyl (C=O) groups excluding carboxylic acids is 2. The molecular weight excluding hydrogens is 1030 g/mol. The second-order valence-electron chi connectivity index (χ2n) is 22.3. The van der Waals surface area contributed by atoms with Gasteiger partial charge in [0.15, 0.2) is 6.10 Å². The number of aliphatic carboxylic acids is 1. The van der Waals surface area contributed by atoms with Gasteiger partial charge >= 0.3 is 17.9 Å². The van der Waals surface area contributed by atoms with E-state index in [1.165, 1.54) is 57.8 Å². The molecule has 468 valence electrons. The van der Waals surface area contributed by atoms with Crippen LogP contribution in [0, 0.1) is 0 Å². The molecule has 2 atom stereocenters. The first-order chi connectivity index (χ1) is 40.6. The molecular formula is C74H120NO8+.